The highest BCUT2D eigenvalue weighted by Gasteiger charge is 2.24. The van der Waals surface area contributed by atoms with Crippen molar-refractivity contribution >= 4 is 23.0 Å². The van der Waals surface area contributed by atoms with Crippen LogP contribution in [0.25, 0.3) is 0 Å². The van der Waals surface area contributed by atoms with Crippen LogP contribution in [0, 0.1) is 10.1 Å². The van der Waals surface area contributed by atoms with Gasteiger partial charge >= 0.3 is 5.69 Å². The number of rotatable bonds is 6. The largest absolute Gasteiger partial charge is 0.387 e. The van der Waals surface area contributed by atoms with Crippen LogP contribution in [0.2, 0.25) is 5.02 Å². The van der Waals surface area contributed by atoms with Crippen molar-refractivity contribution in [1.82, 2.24) is 4.90 Å². The molecule has 7 heteroatoms. The lowest BCUT2D eigenvalue weighted by atomic mass is 10.1. The minimum Gasteiger partial charge on any atom is -0.387 e. The van der Waals surface area contributed by atoms with Gasteiger partial charge in [-0.25, -0.2) is 0 Å². The normalized spacial score (nSPS) is 14.2. The first kappa shape index (κ1) is 15.7. The van der Waals surface area contributed by atoms with Gasteiger partial charge in [-0.2, -0.15) is 0 Å². The van der Waals surface area contributed by atoms with E-state index in [1.807, 2.05) is 19.0 Å². The predicted molar refractivity (Wildman–Crippen MR) is 75.8 cm³/mol. The Morgan fingerprint density at radius 1 is 1.53 bits per heavy atom. The van der Waals surface area contributed by atoms with E-state index in [1.165, 1.54) is 6.07 Å². The number of benzene rings is 1. The lowest BCUT2D eigenvalue weighted by molar-refractivity contribution is -0.383. The van der Waals surface area contributed by atoms with Gasteiger partial charge in [0.05, 0.1) is 10.5 Å². The molecular formula is C12H18ClN3O3. The van der Waals surface area contributed by atoms with Crippen molar-refractivity contribution in [2.24, 2.45) is 0 Å². The van der Waals surface area contributed by atoms with Crippen molar-refractivity contribution < 1.29 is 10.0 Å². The maximum absolute atomic E-state index is 11.0. The van der Waals surface area contributed by atoms with Gasteiger partial charge < -0.3 is 15.3 Å². The highest BCUT2D eigenvalue weighted by molar-refractivity contribution is 6.33. The smallest absolute Gasteiger partial charge is 0.310 e. The van der Waals surface area contributed by atoms with E-state index in [2.05, 4.69) is 5.32 Å². The average Bonchev–Trinajstić information content (AvgIpc) is 2.24. The van der Waals surface area contributed by atoms with E-state index < -0.39 is 10.5 Å². The third-order valence-electron chi connectivity index (χ3n) is 2.49. The molecule has 0 bridgehead atoms. The molecule has 106 valence electrons. The quantitative estimate of drug-likeness (QED) is 0.618. The Morgan fingerprint density at radius 3 is 2.68 bits per heavy atom. The topological polar surface area (TPSA) is 78.6 Å². The van der Waals surface area contributed by atoms with Gasteiger partial charge in [-0.3, -0.25) is 10.1 Å². The predicted octanol–water partition coefficient (Wildman–Crippen LogP) is 1.97. The van der Waals surface area contributed by atoms with Crippen molar-refractivity contribution in [3.05, 3.63) is 33.3 Å². The zero-order valence-electron chi connectivity index (χ0n) is 11.2. The highest BCUT2D eigenvalue weighted by atomic mass is 35.5. The number of nitrogens with one attached hydrogen (secondary N) is 1. The molecule has 1 unspecified atom stereocenters. The van der Waals surface area contributed by atoms with Crippen LogP contribution in [0.4, 0.5) is 11.4 Å². The van der Waals surface area contributed by atoms with Gasteiger partial charge in [-0.1, -0.05) is 17.7 Å². The summed E-state index contributed by atoms with van der Waals surface area (Å²) in [5.41, 5.74) is -0.874. The molecular weight excluding hydrogens is 270 g/mol. The first-order valence-electron chi connectivity index (χ1n) is 5.77. The Hall–Kier alpha value is -1.37. The van der Waals surface area contributed by atoms with Crippen LogP contribution in [-0.4, -0.2) is 47.7 Å². The fourth-order valence-corrected chi connectivity index (χ4v) is 2.11. The van der Waals surface area contributed by atoms with Gasteiger partial charge in [0.15, 0.2) is 0 Å². The summed E-state index contributed by atoms with van der Waals surface area (Å²) in [6.07, 6.45) is 0. The highest BCUT2D eigenvalue weighted by Crippen LogP contribution is 2.32. The van der Waals surface area contributed by atoms with Crippen molar-refractivity contribution in [2.75, 3.05) is 32.5 Å². The summed E-state index contributed by atoms with van der Waals surface area (Å²) in [4.78, 5) is 12.3. The fraction of sp³-hybridized carbons (Fsp3) is 0.500. The Labute approximate surface area is 117 Å². The van der Waals surface area contributed by atoms with Crippen molar-refractivity contribution in [1.29, 1.82) is 0 Å². The standard InChI is InChI=1S/C12H18ClN3O3/c1-12(17,8-15(2)3)7-14-10-6-4-5-9(13)11(10)16(18)19/h4-6,14,17H,7-8H2,1-3H3. The number of halogens is 1. The number of nitro groups is 1. The molecule has 0 spiro atoms. The van der Waals surface area contributed by atoms with E-state index in [0.717, 1.165) is 0 Å². The molecule has 0 fully saturated rings. The van der Waals surface area contributed by atoms with Crippen LogP contribution in [-0.2, 0) is 0 Å². The molecule has 0 heterocycles. The number of hydrogen-bond donors (Lipinski definition) is 2. The number of nitro benzene ring substituents is 1. The monoisotopic (exact) mass is 287 g/mol. The minimum atomic E-state index is -1.00. The van der Waals surface area contributed by atoms with E-state index >= 15 is 0 Å². The van der Waals surface area contributed by atoms with Crippen LogP contribution in [0.5, 0.6) is 0 Å². The van der Waals surface area contributed by atoms with E-state index in [4.69, 9.17) is 11.6 Å². The summed E-state index contributed by atoms with van der Waals surface area (Å²) in [6, 6.07) is 4.65. The molecule has 0 aliphatic rings. The molecule has 1 rings (SSSR count). The molecule has 0 amide bonds. The van der Waals surface area contributed by atoms with Gasteiger partial charge in [-0.15, -0.1) is 0 Å². The van der Waals surface area contributed by atoms with Crippen molar-refractivity contribution in [3.63, 3.8) is 0 Å². The molecule has 0 radical (unpaired) electrons. The molecule has 0 aromatic heterocycles. The number of likely N-dealkylation sites (N-methyl/N-ethyl adjacent to an activating group) is 1. The van der Waals surface area contributed by atoms with Crippen LogP contribution >= 0.6 is 11.6 Å². The summed E-state index contributed by atoms with van der Waals surface area (Å²) < 4.78 is 0. The average molecular weight is 288 g/mol. The maximum Gasteiger partial charge on any atom is 0.310 e. The first-order valence-corrected chi connectivity index (χ1v) is 6.14. The lowest BCUT2D eigenvalue weighted by Crippen LogP contribution is -2.43. The molecule has 19 heavy (non-hydrogen) atoms. The van der Waals surface area contributed by atoms with Crippen molar-refractivity contribution in [2.45, 2.75) is 12.5 Å². The number of hydrogen-bond acceptors (Lipinski definition) is 5. The Balaban J connectivity index is 2.84. The number of anilines is 1. The zero-order chi connectivity index (χ0) is 14.6. The van der Waals surface area contributed by atoms with Crippen LogP contribution in [0.1, 0.15) is 6.92 Å². The molecule has 0 aliphatic heterocycles. The second-order valence-corrected chi connectivity index (χ2v) is 5.39. The third-order valence-corrected chi connectivity index (χ3v) is 2.79. The summed E-state index contributed by atoms with van der Waals surface area (Å²) >= 11 is 5.81. The van der Waals surface area contributed by atoms with Gasteiger partial charge in [0.25, 0.3) is 0 Å². The second-order valence-electron chi connectivity index (χ2n) is 4.98. The Morgan fingerprint density at radius 2 is 2.16 bits per heavy atom. The second kappa shape index (κ2) is 6.18. The first-order chi connectivity index (χ1) is 8.73. The van der Waals surface area contributed by atoms with Crippen molar-refractivity contribution in [3.8, 4) is 0 Å². The number of para-hydroxylation sites is 1. The van der Waals surface area contributed by atoms with Crippen LogP contribution < -0.4 is 5.32 Å². The maximum atomic E-state index is 11.0. The molecule has 6 nitrogen and oxygen atoms in total. The fourth-order valence-electron chi connectivity index (χ4n) is 1.87. The van der Waals surface area contributed by atoms with Gasteiger partial charge in [0, 0.05) is 13.1 Å². The van der Waals surface area contributed by atoms with E-state index in [0.29, 0.717) is 12.2 Å². The molecule has 1 atom stereocenters. The summed E-state index contributed by atoms with van der Waals surface area (Å²) in [6.45, 7) is 2.29. The summed E-state index contributed by atoms with van der Waals surface area (Å²) in [5.74, 6) is 0. The third kappa shape index (κ3) is 4.66. The molecule has 0 saturated heterocycles. The molecule has 1 aromatic carbocycles. The Kier molecular flexibility index (Phi) is 5.11. The van der Waals surface area contributed by atoms with Crippen LogP contribution in [0.3, 0.4) is 0 Å². The summed E-state index contributed by atoms with van der Waals surface area (Å²) in [5, 5.41) is 24.0. The lowest BCUT2D eigenvalue weighted by Gasteiger charge is -2.27. The molecule has 1 aromatic rings. The van der Waals surface area contributed by atoms with Gasteiger partial charge in [-0.05, 0) is 33.2 Å². The van der Waals surface area contributed by atoms with Gasteiger partial charge in [0.2, 0.25) is 0 Å². The zero-order valence-corrected chi connectivity index (χ0v) is 11.9. The minimum absolute atomic E-state index is 0.0715. The summed E-state index contributed by atoms with van der Waals surface area (Å²) in [7, 11) is 3.69. The number of aliphatic hydroxyl groups is 1. The molecule has 0 aliphatic carbocycles. The van der Waals surface area contributed by atoms with Crippen LogP contribution in [0.15, 0.2) is 18.2 Å². The molecule has 2 N–H and O–H groups in total. The van der Waals surface area contributed by atoms with E-state index in [1.54, 1.807) is 19.1 Å². The van der Waals surface area contributed by atoms with Gasteiger partial charge in [0.1, 0.15) is 10.7 Å². The van der Waals surface area contributed by atoms with E-state index in [9.17, 15) is 15.2 Å². The number of nitrogens with zero attached hydrogens (tertiary/aromatic N) is 2. The SMILES string of the molecule is CN(C)CC(C)(O)CNc1cccc(Cl)c1[N+](=O)[O-]. The molecule has 0 saturated carbocycles. The Bertz CT molecular complexity index is 464. The van der Waals surface area contributed by atoms with E-state index in [-0.39, 0.29) is 17.3 Å².